The monoisotopic (exact) mass is 332 g/mol. The van der Waals surface area contributed by atoms with Crippen LogP contribution in [0, 0.1) is 6.92 Å². The number of nitrogens with zero attached hydrogens (tertiary/aromatic N) is 2. The number of amides is 1. The molecule has 0 saturated carbocycles. The third-order valence-corrected chi connectivity index (χ3v) is 4.52. The maximum atomic E-state index is 12.6. The van der Waals surface area contributed by atoms with E-state index < -0.39 is 16.6 Å². The molecule has 1 atom stereocenters. The molecule has 0 aromatic heterocycles. The zero-order chi connectivity index (χ0) is 15.2. The van der Waals surface area contributed by atoms with Gasteiger partial charge in [0.05, 0.1) is 10.7 Å². The standard InChI is InChI=1S/C13H11Cl3N2O2/c1-6-4-8(10(15)5-9(6)14)11(19)13(16)7(2)17-18(3)12(13)20/h4-5H,1-3H3. The molecule has 1 aromatic rings. The maximum absolute atomic E-state index is 12.6. The summed E-state index contributed by atoms with van der Waals surface area (Å²) >= 11 is 18.2. The van der Waals surface area contributed by atoms with Crippen molar-refractivity contribution >= 4 is 52.2 Å². The molecule has 106 valence electrons. The molecule has 0 aliphatic carbocycles. The molecule has 1 unspecified atom stereocenters. The zero-order valence-corrected chi connectivity index (χ0v) is 13.3. The molecule has 20 heavy (non-hydrogen) atoms. The third-order valence-electron chi connectivity index (χ3n) is 3.19. The minimum atomic E-state index is -1.83. The second kappa shape index (κ2) is 5.02. The smallest absolute Gasteiger partial charge is 0.277 e. The van der Waals surface area contributed by atoms with Crippen LogP contribution in [0.15, 0.2) is 17.2 Å². The van der Waals surface area contributed by atoms with Crippen molar-refractivity contribution in [2.45, 2.75) is 18.7 Å². The Bertz CT molecular complexity index is 657. The normalized spacial score (nSPS) is 22.2. The molecule has 4 nitrogen and oxygen atoms in total. The van der Waals surface area contributed by atoms with E-state index >= 15 is 0 Å². The number of hydrogen-bond acceptors (Lipinski definition) is 3. The Kier molecular flexibility index (Phi) is 3.84. The van der Waals surface area contributed by atoms with Gasteiger partial charge in [-0.05, 0) is 31.5 Å². The largest absolute Gasteiger partial charge is 0.291 e. The van der Waals surface area contributed by atoms with Gasteiger partial charge in [0.25, 0.3) is 5.91 Å². The number of halogens is 3. The summed E-state index contributed by atoms with van der Waals surface area (Å²) in [6.45, 7) is 3.27. The number of benzene rings is 1. The number of alkyl halides is 1. The lowest BCUT2D eigenvalue weighted by atomic mass is 9.92. The van der Waals surface area contributed by atoms with Gasteiger partial charge >= 0.3 is 0 Å². The molecule has 0 saturated heterocycles. The van der Waals surface area contributed by atoms with Gasteiger partial charge in [0.1, 0.15) is 0 Å². The molecule has 1 aliphatic rings. The van der Waals surface area contributed by atoms with Crippen LogP contribution in [-0.4, -0.2) is 34.3 Å². The molecule has 1 aliphatic heterocycles. The van der Waals surface area contributed by atoms with Crippen molar-refractivity contribution in [2.75, 3.05) is 7.05 Å². The van der Waals surface area contributed by atoms with Crippen molar-refractivity contribution < 1.29 is 9.59 Å². The molecule has 1 amide bonds. The molecule has 0 spiro atoms. The fraction of sp³-hybridized carbons (Fsp3) is 0.308. The molecule has 0 bridgehead atoms. The van der Waals surface area contributed by atoms with Crippen LogP contribution in [0.5, 0.6) is 0 Å². The van der Waals surface area contributed by atoms with Crippen molar-refractivity contribution in [3.05, 3.63) is 33.3 Å². The molecule has 0 fully saturated rings. The SMILES string of the molecule is CC1=NN(C)C(=O)C1(Cl)C(=O)c1cc(C)c(Cl)cc1Cl. The second-order valence-corrected chi connectivity index (χ2v) is 5.96. The Morgan fingerprint density at radius 3 is 2.35 bits per heavy atom. The topological polar surface area (TPSA) is 49.7 Å². The van der Waals surface area contributed by atoms with Crippen LogP contribution in [0.3, 0.4) is 0 Å². The molecule has 2 rings (SSSR count). The Morgan fingerprint density at radius 2 is 1.85 bits per heavy atom. The average molecular weight is 334 g/mol. The lowest BCUT2D eigenvalue weighted by molar-refractivity contribution is -0.128. The van der Waals surface area contributed by atoms with Crippen molar-refractivity contribution in [1.82, 2.24) is 5.01 Å². The van der Waals surface area contributed by atoms with Crippen LogP contribution in [0.4, 0.5) is 0 Å². The molecule has 1 heterocycles. The molecular formula is C13H11Cl3N2O2. The average Bonchev–Trinajstić information content (AvgIpc) is 2.58. The van der Waals surface area contributed by atoms with E-state index in [1.165, 1.54) is 26.1 Å². The number of hydrogen-bond donors (Lipinski definition) is 0. The number of rotatable bonds is 2. The summed E-state index contributed by atoms with van der Waals surface area (Å²) in [6.07, 6.45) is 0. The van der Waals surface area contributed by atoms with Crippen LogP contribution < -0.4 is 0 Å². The van der Waals surface area contributed by atoms with Gasteiger partial charge in [-0.2, -0.15) is 5.10 Å². The fourth-order valence-electron chi connectivity index (χ4n) is 2.00. The molecular weight excluding hydrogens is 323 g/mol. The lowest BCUT2D eigenvalue weighted by Crippen LogP contribution is -2.47. The lowest BCUT2D eigenvalue weighted by Gasteiger charge is -2.19. The maximum Gasteiger partial charge on any atom is 0.277 e. The Hall–Kier alpha value is -1.10. The third kappa shape index (κ3) is 2.12. The van der Waals surface area contributed by atoms with Crippen LogP contribution in [0.1, 0.15) is 22.8 Å². The minimum Gasteiger partial charge on any atom is -0.291 e. The summed E-state index contributed by atoms with van der Waals surface area (Å²) in [6, 6.07) is 2.98. The van der Waals surface area contributed by atoms with Gasteiger partial charge in [-0.1, -0.05) is 34.8 Å². The van der Waals surface area contributed by atoms with Crippen LogP contribution >= 0.6 is 34.8 Å². The van der Waals surface area contributed by atoms with E-state index in [1.807, 2.05) is 0 Å². The number of carbonyl (C=O) groups excluding carboxylic acids is 2. The number of carbonyl (C=O) groups is 2. The van der Waals surface area contributed by atoms with E-state index in [9.17, 15) is 9.59 Å². The highest BCUT2D eigenvalue weighted by Crippen LogP contribution is 2.34. The summed E-state index contributed by atoms with van der Waals surface area (Å²) in [5, 5.41) is 5.56. The van der Waals surface area contributed by atoms with Gasteiger partial charge in [-0.25, -0.2) is 5.01 Å². The quantitative estimate of drug-likeness (QED) is 0.473. The molecule has 7 heteroatoms. The van der Waals surface area contributed by atoms with Crippen LogP contribution in [-0.2, 0) is 4.79 Å². The van der Waals surface area contributed by atoms with Gasteiger partial charge in [0.15, 0.2) is 0 Å². The first-order valence-corrected chi connectivity index (χ1v) is 6.86. The van der Waals surface area contributed by atoms with Crippen LogP contribution in [0.25, 0.3) is 0 Å². The van der Waals surface area contributed by atoms with Crippen molar-refractivity contribution in [3.8, 4) is 0 Å². The second-order valence-electron chi connectivity index (χ2n) is 4.58. The van der Waals surface area contributed by atoms with Crippen LogP contribution in [0.2, 0.25) is 10.0 Å². The highest BCUT2D eigenvalue weighted by atomic mass is 35.5. The summed E-state index contributed by atoms with van der Waals surface area (Å²) in [4.78, 5) is 22.9. The minimum absolute atomic E-state index is 0.153. The zero-order valence-electron chi connectivity index (χ0n) is 11.0. The van der Waals surface area contributed by atoms with E-state index in [2.05, 4.69) is 5.10 Å². The van der Waals surface area contributed by atoms with Gasteiger partial charge in [0.2, 0.25) is 10.7 Å². The summed E-state index contributed by atoms with van der Waals surface area (Å²) in [7, 11) is 1.44. The highest BCUT2D eigenvalue weighted by molar-refractivity contribution is 6.61. The molecule has 0 N–H and O–H groups in total. The number of hydrazone groups is 1. The first-order chi connectivity index (χ1) is 9.19. The summed E-state index contributed by atoms with van der Waals surface area (Å²) in [5.41, 5.74) is 1.05. The van der Waals surface area contributed by atoms with Gasteiger partial charge in [0, 0.05) is 17.6 Å². The van der Waals surface area contributed by atoms with E-state index in [0.717, 1.165) is 5.01 Å². The first-order valence-electron chi connectivity index (χ1n) is 5.72. The first kappa shape index (κ1) is 15.3. The predicted molar refractivity (Wildman–Crippen MR) is 80.0 cm³/mol. The van der Waals surface area contributed by atoms with E-state index in [1.54, 1.807) is 6.92 Å². The molecule has 1 aromatic carbocycles. The van der Waals surface area contributed by atoms with Crippen molar-refractivity contribution in [2.24, 2.45) is 5.10 Å². The summed E-state index contributed by atoms with van der Waals surface area (Å²) < 4.78 is 0. The summed E-state index contributed by atoms with van der Waals surface area (Å²) in [5.74, 6) is -1.19. The van der Waals surface area contributed by atoms with E-state index in [-0.39, 0.29) is 16.3 Å². The Labute approximate surface area is 131 Å². The Morgan fingerprint density at radius 1 is 1.25 bits per heavy atom. The fourth-order valence-corrected chi connectivity index (χ4v) is 2.73. The van der Waals surface area contributed by atoms with E-state index in [0.29, 0.717) is 10.6 Å². The number of aryl methyl sites for hydroxylation is 1. The van der Waals surface area contributed by atoms with Crippen molar-refractivity contribution in [1.29, 1.82) is 0 Å². The number of Topliss-reactive ketones (excluding diaryl/α,β-unsaturated/α-hetero) is 1. The van der Waals surface area contributed by atoms with E-state index in [4.69, 9.17) is 34.8 Å². The molecule has 0 radical (unpaired) electrons. The van der Waals surface area contributed by atoms with Gasteiger partial charge < -0.3 is 0 Å². The predicted octanol–water partition coefficient (Wildman–Crippen LogP) is 3.31. The van der Waals surface area contributed by atoms with Gasteiger partial charge in [-0.3, -0.25) is 9.59 Å². The highest BCUT2D eigenvalue weighted by Gasteiger charge is 2.53. The van der Waals surface area contributed by atoms with Gasteiger partial charge in [-0.15, -0.1) is 0 Å². The van der Waals surface area contributed by atoms with Crippen molar-refractivity contribution in [3.63, 3.8) is 0 Å². The Balaban J connectivity index is 2.55. The number of ketones is 1.